The molecule has 0 bridgehead atoms. The first kappa shape index (κ1) is 13.7. The van der Waals surface area contributed by atoms with Crippen LogP contribution in [0, 0.1) is 19.8 Å². The van der Waals surface area contributed by atoms with E-state index in [1.54, 1.807) is 0 Å². The molecule has 2 N–H and O–H groups in total. The van der Waals surface area contributed by atoms with Gasteiger partial charge in [0.05, 0.1) is 12.5 Å². The molecule has 0 aromatic heterocycles. The first-order chi connectivity index (χ1) is 8.06. The SMILES string of the molecule is CCOC(=O)C(CN)Cc1cc(C)cc(C)c1. The zero-order valence-corrected chi connectivity index (χ0v) is 10.8. The molecular weight excluding hydrogens is 214 g/mol. The maximum atomic E-state index is 11.6. The van der Waals surface area contributed by atoms with Crippen LogP contribution in [0.15, 0.2) is 18.2 Å². The predicted octanol–water partition coefficient (Wildman–Crippen LogP) is 1.98. The van der Waals surface area contributed by atoms with Gasteiger partial charge in [-0.15, -0.1) is 0 Å². The zero-order chi connectivity index (χ0) is 12.8. The van der Waals surface area contributed by atoms with Crippen molar-refractivity contribution >= 4 is 5.97 Å². The molecule has 94 valence electrons. The Labute approximate surface area is 103 Å². The minimum Gasteiger partial charge on any atom is -0.466 e. The smallest absolute Gasteiger partial charge is 0.310 e. The Bertz CT molecular complexity index is 368. The van der Waals surface area contributed by atoms with E-state index < -0.39 is 0 Å². The van der Waals surface area contributed by atoms with E-state index in [0.717, 1.165) is 5.56 Å². The van der Waals surface area contributed by atoms with Crippen molar-refractivity contribution in [2.75, 3.05) is 13.2 Å². The van der Waals surface area contributed by atoms with E-state index in [2.05, 4.69) is 32.0 Å². The highest BCUT2D eigenvalue weighted by molar-refractivity contribution is 5.73. The van der Waals surface area contributed by atoms with Gasteiger partial charge in [-0.3, -0.25) is 4.79 Å². The van der Waals surface area contributed by atoms with Crippen molar-refractivity contribution in [3.8, 4) is 0 Å². The Morgan fingerprint density at radius 3 is 2.35 bits per heavy atom. The van der Waals surface area contributed by atoms with Crippen LogP contribution in [-0.4, -0.2) is 19.1 Å². The minimum absolute atomic E-state index is 0.200. The van der Waals surface area contributed by atoms with Crippen LogP contribution in [0.25, 0.3) is 0 Å². The van der Waals surface area contributed by atoms with E-state index >= 15 is 0 Å². The summed E-state index contributed by atoms with van der Waals surface area (Å²) in [6.45, 7) is 6.65. The third-order valence-corrected chi connectivity index (χ3v) is 2.67. The Kier molecular flexibility index (Phi) is 5.16. The summed E-state index contributed by atoms with van der Waals surface area (Å²) >= 11 is 0. The molecule has 3 nitrogen and oxygen atoms in total. The van der Waals surface area contributed by atoms with Crippen LogP contribution in [0.3, 0.4) is 0 Å². The van der Waals surface area contributed by atoms with Crippen molar-refractivity contribution in [2.24, 2.45) is 11.7 Å². The fourth-order valence-electron chi connectivity index (χ4n) is 1.99. The summed E-state index contributed by atoms with van der Waals surface area (Å²) in [7, 11) is 0. The Balaban J connectivity index is 2.76. The van der Waals surface area contributed by atoms with E-state index in [9.17, 15) is 4.79 Å². The largest absolute Gasteiger partial charge is 0.466 e. The van der Waals surface area contributed by atoms with E-state index in [1.807, 2.05) is 6.92 Å². The second-order valence-corrected chi connectivity index (χ2v) is 4.38. The van der Waals surface area contributed by atoms with E-state index in [0.29, 0.717) is 19.6 Å². The average molecular weight is 235 g/mol. The normalized spacial score (nSPS) is 12.2. The van der Waals surface area contributed by atoms with Gasteiger partial charge >= 0.3 is 5.97 Å². The lowest BCUT2D eigenvalue weighted by Gasteiger charge is -2.14. The number of ether oxygens (including phenoxy) is 1. The molecule has 0 spiro atoms. The summed E-state index contributed by atoms with van der Waals surface area (Å²) in [6.07, 6.45) is 0.651. The Morgan fingerprint density at radius 2 is 1.88 bits per heavy atom. The molecule has 1 unspecified atom stereocenters. The van der Waals surface area contributed by atoms with Crippen molar-refractivity contribution < 1.29 is 9.53 Å². The molecule has 1 aromatic rings. The summed E-state index contributed by atoms with van der Waals surface area (Å²) in [5, 5.41) is 0. The molecule has 0 saturated carbocycles. The van der Waals surface area contributed by atoms with Crippen LogP contribution in [0.2, 0.25) is 0 Å². The number of carbonyl (C=O) groups is 1. The fourth-order valence-corrected chi connectivity index (χ4v) is 1.99. The molecule has 0 fully saturated rings. The second-order valence-electron chi connectivity index (χ2n) is 4.38. The number of rotatable bonds is 5. The fraction of sp³-hybridized carbons (Fsp3) is 0.500. The molecule has 0 aliphatic heterocycles. The van der Waals surface area contributed by atoms with Gasteiger partial charge < -0.3 is 10.5 Å². The highest BCUT2D eigenvalue weighted by Crippen LogP contribution is 2.14. The highest BCUT2D eigenvalue weighted by Gasteiger charge is 2.18. The standard InChI is InChI=1S/C14H21NO2/c1-4-17-14(16)13(9-15)8-12-6-10(2)5-11(3)7-12/h5-7,13H,4,8-9,15H2,1-3H3. The number of aryl methyl sites for hydroxylation is 2. The number of benzene rings is 1. The molecule has 1 aromatic carbocycles. The van der Waals surface area contributed by atoms with Gasteiger partial charge in [0.2, 0.25) is 0 Å². The monoisotopic (exact) mass is 235 g/mol. The third-order valence-electron chi connectivity index (χ3n) is 2.67. The summed E-state index contributed by atoms with van der Waals surface area (Å²) in [5.41, 5.74) is 9.19. The van der Waals surface area contributed by atoms with E-state index in [1.165, 1.54) is 11.1 Å². The van der Waals surface area contributed by atoms with Gasteiger partial charge in [0, 0.05) is 6.54 Å². The number of carbonyl (C=O) groups excluding carboxylic acids is 1. The van der Waals surface area contributed by atoms with E-state index in [4.69, 9.17) is 10.5 Å². The highest BCUT2D eigenvalue weighted by atomic mass is 16.5. The van der Waals surface area contributed by atoms with Crippen LogP contribution < -0.4 is 5.73 Å². The van der Waals surface area contributed by atoms with Crippen molar-refractivity contribution in [2.45, 2.75) is 27.2 Å². The Hall–Kier alpha value is -1.35. The summed E-state index contributed by atoms with van der Waals surface area (Å²) in [6, 6.07) is 6.30. The molecule has 17 heavy (non-hydrogen) atoms. The minimum atomic E-state index is -0.240. The first-order valence-corrected chi connectivity index (χ1v) is 6.00. The first-order valence-electron chi connectivity index (χ1n) is 6.00. The molecule has 1 rings (SSSR count). The lowest BCUT2D eigenvalue weighted by atomic mass is 9.97. The van der Waals surface area contributed by atoms with Crippen LogP contribution >= 0.6 is 0 Å². The molecule has 1 atom stereocenters. The lowest BCUT2D eigenvalue weighted by Crippen LogP contribution is -2.27. The van der Waals surface area contributed by atoms with Gasteiger partial charge in [0.1, 0.15) is 0 Å². The summed E-state index contributed by atoms with van der Waals surface area (Å²) in [5.74, 6) is -0.440. The quantitative estimate of drug-likeness (QED) is 0.794. The van der Waals surface area contributed by atoms with Crippen molar-refractivity contribution in [1.82, 2.24) is 0 Å². The number of hydrogen-bond donors (Lipinski definition) is 1. The predicted molar refractivity (Wildman–Crippen MR) is 68.8 cm³/mol. The van der Waals surface area contributed by atoms with Crippen molar-refractivity contribution in [3.63, 3.8) is 0 Å². The van der Waals surface area contributed by atoms with Crippen molar-refractivity contribution in [1.29, 1.82) is 0 Å². The number of hydrogen-bond acceptors (Lipinski definition) is 3. The molecule has 0 amide bonds. The van der Waals surface area contributed by atoms with Crippen LogP contribution in [0.5, 0.6) is 0 Å². The van der Waals surface area contributed by atoms with Gasteiger partial charge in [-0.2, -0.15) is 0 Å². The third kappa shape index (κ3) is 4.19. The van der Waals surface area contributed by atoms with Crippen LogP contribution in [0.1, 0.15) is 23.6 Å². The van der Waals surface area contributed by atoms with Crippen molar-refractivity contribution in [3.05, 3.63) is 34.9 Å². The average Bonchev–Trinajstić information content (AvgIpc) is 2.24. The molecule has 0 saturated heterocycles. The zero-order valence-electron chi connectivity index (χ0n) is 10.8. The second kappa shape index (κ2) is 6.40. The maximum Gasteiger partial charge on any atom is 0.310 e. The molecule has 0 aliphatic carbocycles. The summed E-state index contributed by atoms with van der Waals surface area (Å²) in [4.78, 5) is 11.6. The summed E-state index contributed by atoms with van der Waals surface area (Å²) < 4.78 is 5.01. The molecular formula is C14H21NO2. The van der Waals surface area contributed by atoms with Gasteiger partial charge in [-0.1, -0.05) is 29.3 Å². The maximum absolute atomic E-state index is 11.6. The van der Waals surface area contributed by atoms with Gasteiger partial charge in [-0.25, -0.2) is 0 Å². The Morgan fingerprint density at radius 1 is 1.29 bits per heavy atom. The molecule has 0 radical (unpaired) electrons. The van der Waals surface area contributed by atoms with Crippen LogP contribution in [0.4, 0.5) is 0 Å². The molecule has 0 aliphatic rings. The van der Waals surface area contributed by atoms with Gasteiger partial charge in [0.25, 0.3) is 0 Å². The van der Waals surface area contributed by atoms with Gasteiger partial charge in [0.15, 0.2) is 0 Å². The van der Waals surface area contributed by atoms with Crippen LogP contribution in [-0.2, 0) is 16.0 Å². The molecule has 0 heterocycles. The lowest BCUT2D eigenvalue weighted by molar-refractivity contribution is -0.147. The topological polar surface area (TPSA) is 52.3 Å². The number of esters is 1. The number of nitrogens with two attached hydrogens (primary N) is 1. The van der Waals surface area contributed by atoms with E-state index in [-0.39, 0.29) is 11.9 Å². The molecule has 3 heteroatoms. The van der Waals surface area contributed by atoms with Gasteiger partial charge in [-0.05, 0) is 32.8 Å².